The number of hydrogen-bond acceptors (Lipinski definition) is 15. The normalized spacial score (nSPS) is 14.9. The highest BCUT2D eigenvalue weighted by Crippen LogP contribution is 2.45. The van der Waals surface area contributed by atoms with E-state index in [0.29, 0.717) is 25.7 Å². The van der Waals surface area contributed by atoms with Crippen molar-refractivity contribution >= 4 is 39.5 Å². The van der Waals surface area contributed by atoms with Gasteiger partial charge in [0.15, 0.2) is 12.2 Å². The highest BCUT2D eigenvalue weighted by Gasteiger charge is 2.30. The number of carbonyl (C=O) groups is 4. The number of hydrogen-bond donors (Lipinski definition) is 3. The Bertz CT molecular complexity index is 1770. The molecule has 0 fully saturated rings. The van der Waals surface area contributed by atoms with E-state index in [4.69, 9.17) is 37.0 Å². The van der Waals surface area contributed by atoms with E-state index in [1.807, 2.05) is 0 Å². The van der Waals surface area contributed by atoms with Gasteiger partial charge in [-0.1, -0.05) is 293 Å². The van der Waals surface area contributed by atoms with Gasteiger partial charge in [0, 0.05) is 25.7 Å². The SMILES string of the molecule is CCC(C)CCCCCCCCCCCCC(=O)OC[C@H](COP(=O)(O)OCC(O)COP(=O)(O)OC[C@@H](COC(=O)CCCCCCCCCCC(C)C)OC(=O)CCCCCCCCC(C)CC)OC(=O)CCCCCCCCCCCCCC(C)C. The maximum atomic E-state index is 13.0. The van der Waals surface area contributed by atoms with Crippen molar-refractivity contribution in [2.45, 2.75) is 363 Å². The van der Waals surface area contributed by atoms with Gasteiger partial charge in [-0.05, 0) is 49.4 Å². The Kier molecular flexibility index (Phi) is 58.5. The minimum Gasteiger partial charge on any atom is -0.462 e. The van der Waals surface area contributed by atoms with Crippen LogP contribution >= 0.6 is 15.6 Å². The average molecular weight is 1310 g/mol. The first-order valence-corrected chi connectivity index (χ1v) is 39.3. The zero-order valence-corrected chi connectivity index (χ0v) is 59.8. The molecule has 0 aliphatic carbocycles. The first kappa shape index (κ1) is 87.1. The zero-order valence-electron chi connectivity index (χ0n) is 58.1. The van der Waals surface area contributed by atoms with E-state index in [9.17, 15) is 43.2 Å². The van der Waals surface area contributed by atoms with Gasteiger partial charge in [-0.25, -0.2) is 9.13 Å². The van der Waals surface area contributed by atoms with E-state index in [-0.39, 0.29) is 25.7 Å². The molecule has 19 heteroatoms. The average Bonchev–Trinajstić information content (AvgIpc) is 3.71. The van der Waals surface area contributed by atoms with E-state index < -0.39 is 97.5 Å². The predicted octanol–water partition coefficient (Wildman–Crippen LogP) is 19.7. The van der Waals surface area contributed by atoms with E-state index in [1.54, 1.807) is 0 Å². The molecule has 0 rings (SSSR count). The summed E-state index contributed by atoms with van der Waals surface area (Å²) in [5.74, 6) is 0.889. The molecule has 0 aliphatic heterocycles. The van der Waals surface area contributed by atoms with E-state index in [1.165, 1.54) is 148 Å². The summed E-state index contributed by atoms with van der Waals surface area (Å²) in [6, 6.07) is 0. The van der Waals surface area contributed by atoms with E-state index in [2.05, 4.69) is 55.4 Å². The lowest BCUT2D eigenvalue weighted by Crippen LogP contribution is -2.30. The molecule has 0 aliphatic rings. The number of aliphatic hydroxyl groups excluding tert-OH is 1. The van der Waals surface area contributed by atoms with Crippen LogP contribution in [-0.2, 0) is 65.4 Å². The third kappa shape index (κ3) is 62.0. The Balaban J connectivity index is 5.26. The second kappa shape index (κ2) is 59.8. The van der Waals surface area contributed by atoms with E-state index >= 15 is 0 Å². The molecule has 0 saturated heterocycles. The smallest absolute Gasteiger partial charge is 0.462 e. The van der Waals surface area contributed by atoms with Gasteiger partial charge in [0.25, 0.3) is 0 Å². The van der Waals surface area contributed by atoms with Crippen LogP contribution in [0.25, 0.3) is 0 Å². The van der Waals surface area contributed by atoms with Crippen LogP contribution in [0.5, 0.6) is 0 Å². The van der Waals surface area contributed by atoms with Gasteiger partial charge in [0.1, 0.15) is 19.3 Å². The second-order valence-corrected chi connectivity index (χ2v) is 29.6. The second-order valence-electron chi connectivity index (χ2n) is 26.7. The molecule has 0 radical (unpaired) electrons. The fourth-order valence-electron chi connectivity index (χ4n) is 10.4. The molecule has 0 heterocycles. The van der Waals surface area contributed by atoms with Crippen LogP contribution in [0.3, 0.4) is 0 Å². The van der Waals surface area contributed by atoms with Crippen LogP contribution < -0.4 is 0 Å². The molecule has 0 aromatic heterocycles. The maximum absolute atomic E-state index is 13.0. The molecular formula is C70H136O17P2. The monoisotopic (exact) mass is 1310 g/mol. The summed E-state index contributed by atoms with van der Waals surface area (Å²) >= 11 is 0. The Morgan fingerprint density at radius 2 is 0.539 bits per heavy atom. The predicted molar refractivity (Wildman–Crippen MR) is 358 cm³/mol. The van der Waals surface area contributed by atoms with Gasteiger partial charge < -0.3 is 33.8 Å². The van der Waals surface area contributed by atoms with Gasteiger partial charge in [-0.15, -0.1) is 0 Å². The molecule has 7 atom stereocenters. The van der Waals surface area contributed by atoms with Crippen LogP contribution in [-0.4, -0.2) is 96.7 Å². The third-order valence-corrected chi connectivity index (χ3v) is 18.7. The van der Waals surface area contributed by atoms with Crippen LogP contribution in [0.1, 0.15) is 344 Å². The number of ether oxygens (including phenoxy) is 4. The fraction of sp³-hybridized carbons (Fsp3) is 0.943. The Hall–Kier alpha value is -1.94. The van der Waals surface area contributed by atoms with Crippen LogP contribution in [0.2, 0.25) is 0 Å². The quantitative estimate of drug-likeness (QED) is 0.0222. The minimum atomic E-state index is -4.95. The fourth-order valence-corrected chi connectivity index (χ4v) is 12.0. The van der Waals surface area contributed by atoms with Crippen LogP contribution in [0, 0.1) is 23.7 Å². The van der Waals surface area contributed by atoms with Gasteiger partial charge in [0.2, 0.25) is 0 Å². The first-order chi connectivity index (χ1) is 42.7. The Morgan fingerprint density at radius 1 is 0.315 bits per heavy atom. The number of aliphatic hydroxyl groups is 1. The number of esters is 4. The molecule has 0 spiro atoms. The van der Waals surface area contributed by atoms with E-state index in [0.717, 1.165) is 114 Å². The van der Waals surface area contributed by atoms with Crippen LogP contribution in [0.15, 0.2) is 0 Å². The maximum Gasteiger partial charge on any atom is 0.472 e. The van der Waals surface area contributed by atoms with Crippen molar-refractivity contribution in [1.29, 1.82) is 0 Å². The van der Waals surface area contributed by atoms with Crippen molar-refractivity contribution in [2.75, 3.05) is 39.6 Å². The van der Waals surface area contributed by atoms with Crippen molar-refractivity contribution in [3.63, 3.8) is 0 Å². The highest BCUT2D eigenvalue weighted by molar-refractivity contribution is 7.47. The molecule has 0 aromatic rings. The largest absolute Gasteiger partial charge is 0.472 e. The molecule has 0 amide bonds. The number of rotatable bonds is 67. The van der Waals surface area contributed by atoms with Crippen molar-refractivity contribution in [1.82, 2.24) is 0 Å². The molecule has 0 bridgehead atoms. The summed E-state index contributed by atoms with van der Waals surface area (Å²) in [6.07, 6.45) is 41.6. The molecule has 528 valence electrons. The molecule has 17 nitrogen and oxygen atoms in total. The topological polar surface area (TPSA) is 237 Å². The number of carbonyl (C=O) groups excluding carboxylic acids is 4. The van der Waals surface area contributed by atoms with Crippen molar-refractivity contribution in [3.05, 3.63) is 0 Å². The summed E-state index contributed by atoms with van der Waals surface area (Å²) < 4.78 is 68.3. The lowest BCUT2D eigenvalue weighted by molar-refractivity contribution is -0.161. The zero-order chi connectivity index (χ0) is 66.1. The number of phosphoric acid groups is 2. The summed E-state index contributed by atoms with van der Waals surface area (Å²) in [5.41, 5.74) is 0. The summed E-state index contributed by atoms with van der Waals surface area (Å²) in [4.78, 5) is 72.5. The first-order valence-electron chi connectivity index (χ1n) is 36.3. The molecule has 0 aromatic carbocycles. The summed E-state index contributed by atoms with van der Waals surface area (Å²) in [5, 5.41) is 10.6. The molecule has 5 unspecified atom stereocenters. The van der Waals surface area contributed by atoms with Gasteiger partial charge in [-0.2, -0.15) is 0 Å². The standard InChI is InChI=1S/C70H136O17P2/c1-9-62(7)48-40-32-24-17-14-15-18-25-34-42-50-67(72)80-56-65(86-69(74)52-44-36-27-19-13-11-12-16-22-30-38-46-60(3)4)58-84-88(76,77)82-54-64(71)55-83-89(78,79)85-59-66(87-70(75)53-45-37-29-28-33-41-49-63(8)10-2)57-81-68(73)51-43-35-26-21-20-23-31-39-47-61(5)6/h60-66,71H,9-59H2,1-8H3,(H,76,77)(H,78,79)/t62?,63?,64?,65-,66-/m1/s1. The Labute approximate surface area is 543 Å². The lowest BCUT2D eigenvalue weighted by Gasteiger charge is -2.21. The van der Waals surface area contributed by atoms with Crippen molar-refractivity contribution in [2.24, 2.45) is 23.7 Å². The number of unbranched alkanes of at least 4 members (excludes halogenated alkanes) is 31. The third-order valence-electron chi connectivity index (χ3n) is 16.8. The van der Waals surface area contributed by atoms with Gasteiger partial charge in [0.05, 0.1) is 26.4 Å². The van der Waals surface area contributed by atoms with Crippen molar-refractivity contribution < 1.29 is 80.2 Å². The highest BCUT2D eigenvalue weighted by atomic mass is 31.2. The van der Waals surface area contributed by atoms with Crippen LogP contribution in [0.4, 0.5) is 0 Å². The van der Waals surface area contributed by atoms with Gasteiger partial charge >= 0.3 is 39.5 Å². The van der Waals surface area contributed by atoms with Gasteiger partial charge in [-0.3, -0.25) is 37.3 Å². The molecular weight excluding hydrogens is 1170 g/mol. The summed E-state index contributed by atoms with van der Waals surface area (Å²) in [7, 11) is -9.90. The Morgan fingerprint density at radius 3 is 0.798 bits per heavy atom. The summed E-state index contributed by atoms with van der Waals surface area (Å²) in [6.45, 7) is 14.1. The number of phosphoric ester groups is 2. The molecule has 89 heavy (non-hydrogen) atoms. The molecule has 0 saturated carbocycles. The minimum absolute atomic E-state index is 0.102. The molecule has 3 N–H and O–H groups in total. The van der Waals surface area contributed by atoms with Crippen molar-refractivity contribution in [3.8, 4) is 0 Å². The lowest BCUT2D eigenvalue weighted by atomic mass is 9.99.